The van der Waals surface area contributed by atoms with Crippen LogP contribution in [0, 0.1) is 6.92 Å². The fraction of sp³-hybridized carbons (Fsp3) is 0.154. The molecule has 1 aromatic heterocycles. The van der Waals surface area contributed by atoms with Crippen molar-refractivity contribution in [3.63, 3.8) is 0 Å². The zero-order valence-electron chi connectivity index (χ0n) is 9.38. The first kappa shape index (κ1) is 10.9. The van der Waals surface area contributed by atoms with Crippen LogP contribution in [0.1, 0.15) is 21.4 Å². The van der Waals surface area contributed by atoms with E-state index in [1.807, 2.05) is 0 Å². The van der Waals surface area contributed by atoms with Crippen LogP contribution in [0.2, 0.25) is 0 Å². The summed E-state index contributed by atoms with van der Waals surface area (Å²) < 4.78 is 0. The molecule has 0 radical (unpaired) electrons. The lowest BCUT2D eigenvalue weighted by Crippen LogP contribution is -2.04. The Hall–Kier alpha value is -1.26. The van der Waals surface area contributed by atoms with E-state index in [1.165, 1.54) is 16.0 Å². The summed E-state index contributed by atoms with van der Waals surface area (Å²) in [4.78, 5) is 1.32. The van der Waals surface area contributed by atoms with Crippen molar-refractivity contribution in [3.05, 3.63) is 57.8 Å². The predicted octanol–water partition coefficient (Wildman–Crippen LogP) is 3.75. The molecule has 0 saturated heterocycles. The number of nitrogens with one attached hydrogen (secondary N) is 1. The van der Waals surface area contributed by atoms with Gasteiger partial charge in [-0.1, -0.05) is 47.7 Å². The third kappa shape index (κ3) is 2.23. The molecule has 0 spiro atoms. The Morgan fingerprint density at radius 3 is 2.71 bits per heavy atom. The van der Waals surface area contributed by atoms with E-state index in [2.05, 4.69) is 59.2 Å². The van der Waals surface area contributed by atoms with Crippen LogP contribution in [0.4, 0.5) is 0 Å². The predicted molar refractivity (Wildman–Crippen MR) is 75.5 cm³/mol. The van der Waals surface area contributed by atoms with E-state index in [-0.39, 0.29) is 5.37 Å². The minimum Gasteiger partial charge on any atom is -0.290 e. The molecule has 1 N–H and O–H groups in total. The summed E-state index contributed by atoms with van der Waals surface area (Å²) >= 11 is 3.54. The summed E-state index contributed by atoms with van der Waals surface area (Å²) in [5.41, 5.74) is 5.65. The Morgan fingerprint density at radius 1 is 1.18 bits per heavy atom. The average molecular weight is 260 g/mol. The van der Waals surface area contributed by atoms with Gasteiger partial charge in [0, 0.05) is 10.4 Å². The molecule has 0 saturated carbocycles. The minimum absolute atomic E-state index is 0.270. The van der Waals surface area contributed by atoms with Crippen molar-refractivity contribution >= 4 is 28.1 Å². The van der Waals surface area contributed by atoms with E-state index >= 15 is 0 Å². The minimum atomic E-state index is 0.270. The number of thioether (sulfide) groups is 1. The molecular formula is C13H12N2S2. The van der Waals surface area contributed by atoms with E-state index in [0.717, 1.165) is 5.04 Å². The van der Waals surface area contributed by atoms with Gasteiger partial charge in [-0.25, -0.2) is 0 Å². The number of thiophene rings is 1. The second-order valence-corrected chi connectivity index (χ2v) is 6.00. The monoisotopic (exact) mass is 260 g/mol. The van der Waals surface area contributed by atoms with Gasteiger partial charge in [-0.05, 0) is 18.4 Å². The molecule has 1 unspecified atom stereocenters. The van der Waals surface area contributed by atoms with Crippen molar-refractivity contribution < 1.29 is 0 Å². The molecule has 0 aliphatic carbocycles. The Balaban J connectivity index is 1.77. The SMILES string of the molecule is Cc1ccc(C2=NNC(c3cccs3)S2)cc1. The molecule has 2 aromatic rings. The normalized spacial score (nSPS) is 18.9. The van der Waals surface area contributed by atoms with Gasteiger partial charge in [-0.2, -0.15) is 5.10 Å². The molecule has 3 rings (SSSR count). The molecule has 1 aliphatic heterocycles. The summed E-state index contributed by atoms with van der Waals surface area (Å²) in [5, 5.41) is 7.85. The molecular weight excluding hydrogens is 248 g/mol. The maximum atomic E-state index is 4.41. The van der Waals surface area contributed by atoms with Gasteiger partial charge >= 0.3 is 0 Å². The molecule has 2 nitrogen and oxygen atoms in total. The summed E-state index contributed by atoms with van der Waals surface area (Å²) in [6, 6.07) is 12.7. The smallest absolute Gasteiger partial charge is 0.129 e. The molecule has 17 heavy (non-hydrogen) atoms. The van der Waals surface area contributed by atoms with Crippen molar-refractivity contribution in [2.24, 2.45) is 5.10 Å². The third-order valence-corrected chi connectivity index (χ3v) is 4.84. The van der Waals surface area contributed by atoms with E-state index in [1.54, 1.807) is 23.1 Å². The highest BCUT2D eigenvalue weighted by Crippen LogP contribution is 2.36. The highest BCUT2D eigenvalue weighted by molar-refractivity contribution is 8.14. The van der Waals surface area contributed by atoms with Gasteiger partial charge in [-0.3, -0.25) is 5.43 Å². The molecule has 0 fully saturated rings. The van der Waals surface area contributed by atoms with Crippen LogP contribution < -0.4 is 5.43 Å². The lowest BCUT2D eigenvalue weighted by molar-refractivity contribution is 0.754. The zero-order chi connectivity index (χ0) is 11.7. The van der Waals surface area contributed by atoms with Crippen molar-refractivity contribution in [3.8, 4) is 0 Å². The lowest BCUT2D eigenvalue weighted by Gasteiger charge is -2.05. The molecule has 0 bridgehead atoms. The number of hydrogen-bond donors (Lipinski definition) is 1. The van der Waals surface area contributed by atoms with Crippen LogP contribution in [-0.4, -0.2) is 5.04 Å². The first-order valence-electron chi connectivity index (χ1n) is 5.43. The highest BCUT2D eigenvalue weighted by atomic mass is 32.2. The van der Waals surface area contributed by atoms with Crippen molar-refractivity contribution in [1.82, 2.24) is 5.43 Å². The Kier molecular flexibility index (Phi) is 2.91. The Bertz CT molecular complexity index is 529. The number of aryl methyl sites for hydroxylation is 1. The molecule has 86 valence electrons. The van der Waals surface area contributed by atoms with Gasteiger partial charge in [0.25, 0.3) is 0 Å². The topological polar surface area (TPSA) is 24.4 Å². The highest BCUT2D eigenvalue weighted by Gasteiger charge is 2.22. The Labute approximate surface area is 109 Å². The zero-order valence-corrected chi connectivity index (χ0v) is 11.0. The summed E-state index contributed by atoms with van der Waals surface area (Å²) in [6.07, 6.45) is 0. The fourth-order valence-corrected chi connectivity index (χ4v) is 3.53. The van der Waals surface area contributed by atoms with Gasteiger partial charge in [0.1, 0.15) is 10.4 Å². The standard InChI is InChI=1S/C13H12N2S2/c1-9-4-6-10(7-5-9)12-14-15-13(17-12)11-3-2-8-16-11/h2-8,13,15H,1H3. The van der Waals surface area contributed by atoms with Crippen LogP contribution in [0.25, 0.3) is 0 Å². The average Bonchev–Trinajstić information content (AvgIpc) is 3.00. The van der Waals surface area contributed by atoms with Gasteiger partial charge in [-0.15, -0.1) is 11.3 Å². The van der Waals surface area contributed by atoms with E-state index in [9.17, 15) is 0 Å². The summed E-state index contributed by atoms with van der Waals surface area (Å²) in [6.45, 7) is 2.10. The molecule has 1 aromatic carbocycles. The van der Waals surface area contributed by atoms with E-state index in [4.69, 9.17) is 0 Å². The summed E-state index contributed by atoms with van der Waals surface area (Å²) in [5.74, 6) is 0. The molecule has 2 heterocycles. The van der Waals surface area contributed by atoms with Gasteiger partial charge in [0.15, 0.2) is 0 Å². The van der Waals surface area contributed by atoms with Gasteiger partial charge in [0.2, 0.25) is 0 Å². The third-order valence-electron chi connectivity index (χ3n) is 2.61. The molecule has 0 amide bonds. The molecule has 1 aliphatic rings. The van der Waals surface area contributed by atoms with Crippen LogP contribution in [0.15, 0.2) is 46.9 Å². The van der Waals surface area contributed by atoms with Crippen LogP contribution >= 0.6 is 23.1 Å². The largest absolute Gasteiger partial charge is 0.290 e. The number of rotatable bonds is 2. The molecule has 1 atom stereocenters. The quantitative estimate of drug-likeness (QED) is 0.889. The van der Waals surface area contributed by atoms with Crippen LogP contribution in [-0.2, 0) is 0 Å². The number of hydrazone groups is 1. The van der Waals surface area contributed by atoms with Gasteiger partial charge in [0.05, 0.1) is 0 Å². The number of benzene rings is 1. The first-order valence-corrected chi connectivity index (χ1v) is 7.19. The Morgan fingerprint density at radius 2 is 2.00 bits per heavy atom. The maximum Gasteiger partial charge on any atom is 0.129 e. The van der Waals surface area contributed by atoms with Crippen molar-refractivity contribution in [2.45, 2.75) is 12.3 Å². The van der Waals surface area contributed by atoms with Crippen LogP contribution in [0.3, 0.4) is 0 Å². The van der Waals surface area contributed by atoms with Crippen molar-refractivity contribution in [2.75, 3.05) is 0 Å². The van der Waals surface area contributed by atoms with Crippen LogP contribution in [0.5, 0.6) is 0 Å². The first-order chi connectivity index (χ1) is 8.33. The number of nitrogens with zero attached hydrogens (tertiary/aromatic N) is 1. The summed E-state index contributed by atoms with van der Waals surface area (Å²) in [7, 11) is 0. The van der Waals surface area contributed by atoms with Gasteiger partial charge < -0.3 is 0 Å². The van der Waals surface area contributed by atoms with E-state index in [0.29, 0.717) is 0 Å². The maximum absolute atomic E-state index is 4.41. The number of hydrogen-bond acceptors (Lipinski definition) is 4. The van der Waals surface area contributed by atoms with Crippen molar-refractivity contribution in [1.29, 1.82) is 0 Å². The second kappa shape index (κ2) is 4.55. The lowest BCUT2D eigenvalue weighted by atomic mass is 10.2. The molecule has 4 heteroatoms. The second-order valence-electron chi connectivity index (χ2n) is 3.93. The van der Waals surface area contributed by atoms with E-state index < -0.39 is 0 Å². The fourth-order valence-electron chi connectivity index (χ4n) is 1.67.